The summed E-state index contributed by atoms with van der Waals surface area (Å²) in [6.07, 6.45) is 5.24. The molecule has 1 unspecified atom stereocenters. The molecule has 0 aliphatic carbocycles. The molecule has 0 radical (unpaired) electrons. The van der Waals surface area contributed by atoms with Crippen LogP contribution in [0.15, 0.2) is 41.5 Å². The van der Waals surface area contributed by atoms with E-state index in [1.54, 1.807) is 18.3 Å². The van der Waals surface area contributed by atoms with Gasteiger partial charge in [-0.2, -0.15) is 0 Å². The van der Waals surface area contributed by atoms with Crippen LogP contribution < -0.4 is 0 Å². The third-order valence-corrected chi connectivity index (χ3v) is 2.83. The van der Waals surface area contributed by atoms with Crippen LogP contribution in [0.1, 0.15) is 18.9 Å². The summed E-state index contributed by atoms with van der Waals surface area (Å²) >= 11 is 6.25. The van der Waals surface area contributed by atoms with E-state index in [-0.39, 0.29) is 10.6 Å². The fraction of sp³-hybridized carbons (Fsp3) is 0.308. The van der Waals surface area contributed by atoms with Crippen LogP contribution in [0.25, 0.3) is 0 Å². The molecule has 1 heterocycles. The summed E-state index contributed by atoms with van der Waals surface area (Å²) < 4.78 is 0. The van der Waals surface area contributed by atoms with E-state index in [0.29, 0.717) is 0 Å². The summed E-state index contributed by atoms with van der Waals surface area (Å²) in [4.78, 5) is 4.02. The van der Waals surface area contributed by atoms with Gasteiger partial charge in [-0.25, -0.2) is 0 Å². The summed E-state index contributed by atoms with van der Waals surface area (Å²) in [6, 6.07) is 7.19. The van der Waals surface area contributed by atoms with Crippen LogP contribution in [0.4, 0.5) is 0 Å². The first-order chi connectivity index (χ1) is 7.55. The molecule has 0 fully saturated rings. The second-order valence-corrected chi connectivity index (χ2v) is 5.17. The molecule has 3 heteroatoms. The van der Waals surface area contributed by atoms with Crippen LogP contribution >= 0.6 is 11.6 Å². The number of aromatic hydroxyl groups is 1. The van der Waals surface area contributed by atoms with Crippen LogP contribution in [-0.4, -0.2) is 15.7 Å². The van der Waals surface area contributed by atoms with E-state index in [0.717, 1.165) is 24.1 Å². The van der Waals surface area contributed by atoms with Crippen molar-refractivity contribution in [3.63, 3.8) is 0 Å². The molecule has 0 saturated heterocycles. The number of alkyl halides is 1. The fourth-order valence-corrected chi connectivity index (χ4v) is 1.97. The Morgan fingerprint density at radius 1 is 1.38 bits per heavy atom. The lowest BCUT2D eigenvalue weighted by molar-refractivity contribution is 0.475. The van der Waals surface area contributed by atoms with E-state index in [1.807, 2.05) is 25.1 Å². The molecule has 0 bridgehead atoms. The number of rotatable bonds is 2. The second kappa shape index (κ2) is 4.30. The number of benzene rings is 1. The average Bonchev–Trinajstić information content (AvgIpc) is 2.20. The number of phenolic OH excluding ortho intramolecular Hbond substituents is 1. The van der Waals surface area contributed by atoms with E-state index in [2.05, 4.69) is 4.99 Å². The molecule has 1 aromatic carbocycles. The molecule has 2 rings (SSSR count). The number of hydrogen-bond acceptors (Lipinski definition) is 2. The minimum absolute atomic E-state index is 0.288. The van der Waals surface area contributed by atoms with Gasteiger partial charge in [-0.05, 0) is 30.7 Å². The number of aliphatic imine (C=N–C) groups is 1. The van der Waals surface area contributed by atoms with Crippen LogP contribution in [0.2, 0.25) is 0 Å². The highest BCUT2D eigenvalue weighted by molar-refractivity contribution is 6.26. The Balaban J connectivity index is 2.08. The molecule has 0 aromatic heterocycles. The molecule has 1 aliphatic rings. The van der Waals surface area contributed by atoms with E-state index in [1.165, 1.54) is 0 Å². The molecule has 1 atom stereocenters. The second-order valence-electron chi connectivity index (χ2n) is 4.31. The van der Waals surface area contributed by atoms with E-state index in [9.17, 15) is 5.11 Å². The van der Waals surface area contributed by atoms with Gasteiger partial charge in [0.2, 0.25) is 0 Å². The smallest absolute Gasteiger partial charge is 0.115 e. The van der Waals surface area contributed by atoms with Crippen molar-refractivity contribution < 1.29 is 5.11 Å². The van der Waals surface area contributed by atoms with Gasteiger partial charge in [-0.15, -0.1) is 11.6 Å². The number of phenols is 1. The number of hydrogen-bond donors (Lipinski definition) is 1. The summed E-state index contributed by atoms with van der Waals surface area (Å²) in [6.45, 7) is 1.98. The topological polar surface area (TPSA) is 32.6 Å². The molecule has 1 aliphatic heterocycles. The molecule has 0 saturated carbocycles. The maximum absolute atomic E-state index is 9.18. The zero-order chi connectivity index (χ0) is 11.6. The van der Waals surface area contributed by atoms with Crippen molar-refractivity contribution in [2.24, 2.45) is 4.99 Å². The highest BCUT2D eigenvalue weighted by Crippen LogP contribution is 2.26. The highest BCUT2D eigenvalue weighted by Gasteiger charge is 2.22. The predicted molar refractivity (Wildman–Crippen MR) is 67.3 cm³/mol. The molecule has 0 spiro atoms. The standard InChI is InChI=1S/C13H14ClNO/c1-13(14)6-7-15-11(9-13)8-10-2-4-12(16)5-3-10/h2-7,16H,8-9H2,1H3. The lowest BCUT2D eigenvalue weighted by Gasteiger charge is -2.21. The summed E-state index contributed by atoms with van der Waals surface area (Å²) in [5.41, 5.74) is 2.21. The Hall–Kier alpha value is -1.28. The largest absolute Gasteiger partial charge is 0.508 e. The van der Waals surface area contributed by atoms with Gasteiger partial charge in [-0.1, -0.05) is 12.1 Å². The summed E-state index contributed by atoms with van der Waals surface area (Å²) in [5.74, 6) is 0.288. The van der Waals surface area contributed by atoms with Crippen LogP contribution in [0.3, 0.4) is 0 Å². The predicted octanol–water partition coefficient (Wildman–Crippen LogP) is 3.29. The van der Waals surface area contributed by atoms with E-state index < -0.39 is 0 Å². The van der Waals surface area contributed by atoms with Gasteiger partial charge >= 0.3 is 0 Å². The molecule has 16 heavy (non-hydrogen) atoms. The average molecular weight is 236 g/mol. The fourth-order valence-electron chi connectivity index (χ4n) is 1.76. The summed E-state index contributed by atoms with van der Waals surface area (Å²) in [5, 5.41) is 9.18. The molecule has 84 valence electrons. The van der Waals surface area contributed by atoms with Crippen LogP contribution in [-0.2, 0) is 6.42 Å². The van der Waals surface area contributed by atoms with Gasteiger partial charge in [0.1, 0.15) is 5.75 Å². The lowest BCUT2D eigenvalue weighted by atomic mass is 9.96. The Kier molecular flexibility index (Phi) is 3.01. The van der Waals surface area contributed by atoms with Gasteiger partial charge in [0.15, 0.2) is 0 Å². The molecule has 1 aromatic rings. The van der Waals surface area contributed by atoms with Crippen molar-refractivity contribution in [3.05, 3.63) is 42.1 Å². The first kappa shape index (κ1) is 11.2. The van der Waals surface area contributed by atoms with E-state index in [4.69, 9.17) is 11.6 Å². The van der Waals surface area contributed by atoms with Gasteiger partial charge < -0.3 is 5.11 Å². The zero-order valence-corrected chi connectivity index (χ0v) is 9.91. The number of halogens is 1. The van der Waals surface area contributed by atoms with Crippen molar-refractivity contribution in [2.75, 3.05) is 0 Å². The normalized spacial score (nSPS) is 24.2. The van der Waals surface area contributed by atoms with Crippen molar-refractivity contribution in [2.45, 2.75) is 24.6 Å². The number of nitrogens with zero attached hydrogens (tertiary/aromatic N) is 1. The minimum Gasteiger partial charge on any atom is -0.508 e. The van der Waals surface area contributed by atoms with Crippen LogP contribution in [0.5, 0.6) is 5.75 Å². The van der Waals surface area contributed by atoms with Gasteiger partial charge in [-0.3, -0.25) is 4.99 Å². The monoisotopic (exact) mass is 235 g/mol. The van der Waals surface area contributed by atoms with Gasteiger partial charge in [0, 0.05) is 24.8 Å². The third kappa shape index (κ3) is 2.86. The van der Waals surface area contributed by atoms with E-state index >= 15 is 0 Å². The molecule has 0 amide bonds. The van der Waals surface area contributed by atoms with Crippen molar-refractivity contribution in [1.82, 2.24) is 0 Å². The molecule has 1 N–H and O–H groups in total. The summed E-state index contributed by atoms with van der Waals surface area (Å²) in [7, 11) is 0. The molecular formula is C13H14ClNO. The van der Waals surface area contributed by atoms with Crippen molar-refractivity contribution >= 4 is 17.3 Å². The van der Waals surface area contributed by atoms with Crippen molar-refractivity contribution in [3.8, 4) is 5.75 Å². The highest BCUT2D eigenvalue weighted by atomic mass is 35.5. The first-order valence-corrected chi connectivity index (χ1v) is 5.63. The Bertz CT molecular complexity index is 432. The maximum atomic E-state index is 9.18. The quantitative estimate of drug-likeness (QED) is 0.784. The Labute approximate surface area is 100 Å². The maximum Gasteiger partial charge on any atom is 0.115 e. The number of allylic oxidation sites excluding steroid dienone is 1. The minimum atomic E-state index is -0.312. The SMILES string of the molecule is CC1(Cl)C=CN=C(Cc2ccc(O)cc2)C1. The first-order valence-electron chi connectivity index (χ1n) is 5.25. The van der Waals surface area contributed by atoms with Crippen LogP contribution in [0, 0.1) is 0 Å². The molecule has 2 nitrogen and oxygen atoms in total. The Morgan fingerprint density at radius 3 is 2.69 bits per heavy atom. The van der Waals surface area contributed by atoms with Gasteiger partial charge in [0.25, 0.3) is 0 Å². The lowest BCUT2D eigenvalue weighted by Crippen LogP contribution is -2.22. The third-order valence-electron chi connectivity index (χ3n) is 2.57. The Morgan fingerprint density at radius 2 is 2.06 bits per heavy atom. The zero-order valence-electron chi connectivity index (χ0n) is 9.15. The van der Waals surface area contributed by atoms with Crippen molar-refractivity contribution in [1.29, 1.82) is 0 Å². The molecular weight excluding hydrogens is 222 g/mol. The van der Waals surface area contributed by atoms with Gasteiger partial charge in [0.05, 0.1) is 4.87 Å².